The molecule has 0 unspecified atom stereocenters. The third-order valence-electron chi connectivity index (χ3n) is 4.22. The smallest absolute Gasteiger partial charge is 0.253 e. The van der Waals surface area contributed by atoms with Gasteiger partial charge in [0, 0.05) is 36.2 Å². The molecule has 122 valence electrons. The van der Waals surface area contributed by atoms with Crippen molar-refractivity contribution in [3.63, 3.8) is 0 Å². The number of aromatic nitrogens is 2. The quantitative estimate of drug-likeness (QED) is 0.867. The van der Waals surface area contributed by atoms with Crippen LogP contribution in [0, 0.1) is 17.2 Å². The summed E-state index contributed by atoms with van der Waals surface area (Å²) in [6.07, 6.45) is 1.48. The Balaban J connectivity index is 1.77. The second kappa shape index (κ2) is 7.09. The summed E-state index contributed by atoms with van der Waals surface area (Å²) in [6, 6.07) is 13.2. The lowest BCUT2D eigenvalue weighted by atomic mass is 9.97. The minimum atomic E-state index is -0.00490. The minimum Gasteiger partial charge on any atom is -0.480 e. The van der Waals surface area contributed by atoms with E-state index in [1.54, 1.807) is 19.2 Å². The second-order valence-corrected chi connectivity index (χ2v) is 5.74. The van der Waals surface area contributed by atoms with Crippen molar-refractivity contribution in [2.45, 2.75) is 12.8 Å². The molecule has 1 fully saturated rings. The molecule has 1 aromatic carbocycles. The van der Waals surface area contributed by atoms with Crippen molar-refractivity contribution in [3.05, 3.63) is 42.0 Å². The molecular formula is C18H18N4O2. The number of benzene rings is 1. The Bertz CT molecular complexity index is 759. The van der Waals surface area contributed by atoms with E-state index in [-0.39, 0.29) is 11.8 Å². The number of hydrogen-bond donors (Lipinski definition) is 0. The Hall–Kier alpha value is -2.94. The number of carbonyl (C=O) groups excluding carboxylic acids is 1. The largest absolute Gasteiger partial charge is 0.480 e. The van der Waals surface area contributed by atoms with Crippen molar-refractivity contribution in [3.8, 4) is 23.2 Å². The van der Waals surface area contributed by atoms with E-state index in [9.17, 15) is 4.79 Å². The van der Waals surface area contributed by atoms with Gasteiger partial charge in [-0.2, -0.15) is 5.26 Å². The first kappa shape index (κ1) is 15.9. The standard InChI is InChI=1S/C18H18N4O2/c1-24-17-6-5-16(20-21-17)14-3-2-4-15(11-14)18(23)22-9-7-13(12-19)8-10-22/h2-6,11,13H,7-10H2,1H3. The van der Waals surface area contributed by atoms with Gasteiger partial charge >= 0.3 is 0 Å². The molecule has 6 nitrogen and oxygen atoms in total. The van der Waals surface area contributed by atoms with Crippen molar-refractivity contribution in [1.82, 2.24) is 15.1 Å². The predicted molar refractivity (Wildman–Crippen MR) is 88.3 cm³/mol. The normalized spacial score (nSPS) is 14.9. The number of piperidine rings is 1. The number of likely N-dealkylation sites (tertiary alicyclic amines) is 1. The van der Waals surface area contributed by atoms with E-state index in [1.165, 1.54) is 0 Å². The van der Waals surface area contributed by atoms with Crippen LogP contribution in [-0.4, -0.2) is 41.2 Å². The summed E-state index contributed by atoms with van der Waals surface area (Å²) in [5.41, 5.74) is 2.15. The maximum Gasteiger partial charge on any atom is 0.253 e. The summed E-state index contributed by atoms with van der Waals surface area (Å²) >= 11 is 0. The van der Waals surface area contributed by atoms with E-state index >= 15 is 0 Å². The van der Waals surface area contributed by atoms with Gasteiger partial charge in [-0.1, -0.05) is 12.1 Å². The van der Waals surface area contributed by atoms with E-state index in [0.717, 1.165) is 18.4 Å². The van der Waals surface area contributed by atoms with Crippen molar-refractivity contribution < 1.29 is 9.53 Å². The summed E-state index contributed by atoms with van der Waals surface area (Å²) in [5, 5.41) is 17.0. The lowest BCUT2D eigenvalue weighted by Gasteiger charge is -2.29. The molecule has 0 aliphatic carbocycles. The van der Waals surface area contributed by atoms with E-state index in [0.29, 0.717) is 30.2 Å². The Morgan fingerprint density at radius 2 is 2.04 bits per heavy atom. The molecule has 3 rings (SSSR count). The molecule has 0 spiro atoms. The van der Waals surface area contributed by atoms with Gasteiger partial charge in [0.25, 0.3) is 5.91 Å². The fourth-order valence-corrected chi connectivity index (χ4v) is 2.79. The van der Waals surface area contributed by atoms with Crippen LogP contribution < -0.4 is 4.74 Å². The van der Waals surface area contributed by atoms with Gasteiger partial charge in [0.1, 0.15) is 0 Å². The van der Waals surface area contributed by atoms with E-state index in [1.807, 2.05) is 29.2 Å². The molecule has 0 atom stereocenters. The van der Waals surface area contributed by atoms with Gasteiger partial charge < -0.3 is 9.64 Å². The van der Waals surface area contributed by atoms with Gasteiger partial charge in [-0.05, 0) is 31.0 Å². The van der Waals surface area contributed by atoms with Gasteiger partial charge in [0.2, 0.25) is 5.88 Å². The third-order valence-corrected chi connectivity index (χ3v) is 4.22. The molecule has 2 aromatic rings. The van der Waals surface area contributed by atoms with Crippen LogP contribution in [0.1, 0.15) is 23.2 Å². The molecule has 0 N–H and O–H groups in total. The van der Waals surface area contributed by atoms with Gasteiger partial charge in [0.05, 0.1) is 18.9 Å². The molecule has 0 radical (unpaired) electrons. The molecule has 1 amide bonds. The van der Waals surface area contributed by atoms with Crippen LogP contribution in [0.5, 0.6) is 5.88 Å². The van der Waals surface area contributed by atoms with Gasteiger partial charge in [-0.25, -0.2) is 0 Å². The van der Waals surface area contributed by atoms with Crippen LogP contribution in [-0.2, 0) is 0 Å². The number of methoxy groups -OCH3 is 1. The SMILES string of the molecule is COc1ccc(-c2cccc(C(=O)N3CCC(C#N)CC3)c2)nn1. The average molecular weight is 322 g/mol. The molecule has 6 heteroatoms. The molecule has 24 heavy (non-hydrogen) atoms. The topological polar surface area (TPSA) is 79.1 Å². The predicted octanol–water partition coefficient (Wildman–Crippen LogP) is 2.53. The van der Waals surface area contributed by atoms with Crippen molar-refractivity contribution in [1.29, 1.82) is 5.26 Å². The van der Waals surface area contributed by atoms with Gasteiger partial charge in [-0.15, -0.1) is 10.2 Å². The first-order valence-electron chi connectivity index (χ1n) is 7.88. The van der Waals surface area contributed by atoms with Gasteiger partial charge in [-0.3, -0.25) is 4.79 Å². The minimum absolute atomic E-state index is 0.00490. The zero-order valence-corrected chi connectivity index (χ0v) is 13.5. The Kier molecular flexibility index (Phi) is 4.71. The Morgan fingerprint density at radius 1 is 1.25 bits per heavy atom. The summed E-state index contributed by atoms with van der Waals surface area (Å²) in [4.78, 5) is 14.5. The molecular weight excluding hydrogens is 304 g/mol. The fourth-order valence-electron chi connectivity index (χ4n) is 2.79. The summed E-state index contributed by atoms with van der Waals surface area (Å²) in [5.74, 6) is 0.510. The van der Waals surface area contributed by atoms with Crippen LogP contribution in [0.25, 0.3) is 11.3 Å². The summed E-state index contributed by atoms with van der Waals surface area (Å²) in [6.45, 7) is 1.26. The number of amides is 1. The highest BCUT2D eigenvalue weighted by Crippen LogP contribution is 2.22. The van der Waals surface area contributed by atoms with E-state index < -0.39 is 0 Å². The van der Waals surface area contributed by atoms with Gasteiger partial charge in [0.15, 0.2) is 0 Å². The van der Waals surface area contributed by atoms with Crippen LogP contribution in [0.2, 0.25) is 0 Å². The number of ether oxygens (including phenoxy) is 1. The average Bonchev–Trinajstić information content (AvgIpc) is 2.67. The molecule has 1 aromatic heterocycles. The summed E-state index contributed by atoms with van der Waals surface area (Å²) < 4.78 is 5.01. The lowest BCUT2D eigenvalue weighted by Crippen LogP contribution is -2.38. The number of nitriles is 1. The second-order valence-electron chi connectivity index (χ2n) is 5.74. The fraction of sp³-hybridized carbons (Fsp3) is 0.333. The zero-order valence-electron chi connectivity index (χ0n) is 13.5. The Labute approximate surface area is 140 Å². The number of hydrogen-bond acceptors (Lipinski definition) is 5. The summed E-state index contributed by atoms with van der Waals surface area (Å²) in [7, 11) is 1.54. The maximum absolute atomic E-state index is 12.7. The molecule has 2 heterocycles. The van der Waals surface area contributed by atoms with E-state index in [2.05, 4.69) is 16.3 Å². The molecule has 0 bridgehead atoms. The lowest BCUT2D eigenvalue weighted by molar-refractivity contribution is 0.0707. The molecule has 1 saturated heterocycles. The third kappa shape index (κ3) is 3.35. The number of rotatable bonds is 3. The highest BCUT2D eigenvalue weighted by Gasteiger charge is 2.23. The highest BCUT2D eigenvalue weighted by molar-refractivity contribution is 5.95. The first-order valence-corrected chi connectivity index (χ1v) is 7.88. The maximum atomic E-state index is 12.7. The zero-order chi connectivity index (χ0) is 16.9. The number of nitrogens with zero attached hydrogens (tertiary/aromatic N) is 4. The monoisotopic (exact) mass is 322 g/mol. The highest BCUT2D eigenvalue weighted by atomic mass is 16.5. The van der Waals surface area contributed by atoms with Crippen molar-refractivity contribution in [2.24, 2.45) is 5.92 Å². The van der Waals surface area contributed by atoms with Crippen LogP contribution in [0.4, 0.5) is 0 Å². The Morgan fingerprint density at radius 3 is 2.67 bits per heavy atom. The van der Waals surface area contributed by atoms with Crippen LogP contribution in [0.3, 0.4) is 0 Å². The van der Waals surface area contributed by atoms with Crippen LogP contribution >= 0.6 is 0 Å². The molecule has 0 saturated carbocycles. The number of carbonyl (C=O) groups is 1. The molecule has 1 aliphatic rings. The van der Waals surface area contributed by atoms with E-state index in [4.69, 9.17) is 10.00 Å². The van der Waals surface area contributed by atoms with Crippen molar-refractivity contribution in [2.75, 3.05) is 20.2 Å². The first-order chi connectivity index (χ1) is 11.7. The van der Waals surface area contributed by atoms with Crippen molar-refractivity contribution >= 4 is 5.91 Å². The molecule has 1 aliphatic heterocycles. The van der Waals surface area contributed by atoms with Crippen LogP contribution in [0.15, 0.2) is 36.4 Å².